The molecule has 0 saturated carbocycles. The SMILES string of the molecule is CCOC(=O)CC(O)CN(C)Cc1cccc(F)c1. The standard InChI is InChI=1S/C14H20FNO3/c1-3-19-14(18)8-13(17)10-16(2)9-11-5-4-6-12(15)7-11/h4-7,13,17H,3,8-10H2,1-2H3. The van der Waals surface area contributed by atoms with Gasteiger partial charge in [0.15, 0.2) is 0 Å². The van der Waals surface area contributed by atoms with Crippen LogP contribution in [0.1, 0.15) is 18.9 Å². The van der Waals surface area contributed by atoms with Gasteiger partial charge in [-0.1, -0.05) is 12.1 Å². The molecule has 1 aromatic carbocycles. The quantitative estimate of drug-likeness (QED) is 0.763. The minimum atomic E-state index is -0.780. The lowest BCUT2D eigenvalue weighted by Gasteiger charge is -2.20. The topological polar surface area (TPSA) is 49.8 Å². The molecule has 106 valence electrons. The van der Waals surface area contributed by atoms with E-state index >= 15 is 0 Å². The lowest BCUT2D eigenvalue weighted by atomic mass is 10.2. The Morgan fingerprint density at radius 2 is 2.26 bits per heavy atom. The highest BCUT2D eigenvalue weighted by Gasteiger charge is 2.14. The van der Waals surface area contributed by atoms with Gasteiger partial charge >= 0.3 is 5.97 Å². The second-order valence-electron chi connectivity index (χ2n) is 4.49. The molecule has 4 nitrogen and oxygen atoms in total. The normalized spacial score (nSPS) is 12.5. The number of aliphatic hydroxyl groups is 1. The predicted octanol–water partition coefficient (Wildman–Crippen LogP) is 1.57. The molecule has 1 N–H and O–H groups in total. The summed E-state index contributed by atoms with van der Waals surface area (Å²) in [6.45, 7) is 2.87. The smallest absolute Gasteiger partial charge is 0.308 e. The van der Waals surface area contributed by atoms with Crippen LogP contribution in [0.2, 0.25) is 0 Å². The minimum absolute atomic E-state index is 0.0265. The van der Waals surface area contributed by atoms with Gasteiger partial charge in [0.1, 0.15) is 5.82 Å². The number of benzene rings is 1. The predicted molar refractivity (Wildman–Crippen MR) is 70.0 cm³/mol. The first-order chi connectivity index (χ1) is 9.01. The van der Waals surface area contributed by atoms with Crippen LogP contribution in [0.3, 0.4) is 0 Å². The first-order valence-electron chi connectivity index (χ1n) is 6.28. The van der Waals surface area contributed by atoms with E-state index in [9.17, 15) is 14.3 Å². The molecule has 1 rings (SSSR count). The van der Waals surface area contributed by atoms with Gasteiger partial charge < -0.3 is 9.84 Å². The highest BCUT2D eigenvalue weighted by Crippen LogP contribution is 2.07. The van der Waals surface area contributed by atoms with Crippen molar-refractivity contribution in [3.8, 4) is 0 Å². The van der Waals surface area contributed by atoms with Crippen molar-refractivity contribution in [1.82, 2.24) is 4.90 Å². The summed E-state index contributed by atoms with van der Waals surface area (Å²) in [5, 5.41) is 9.73. The molecule has 1 unspecified atom stereocenters. The Bertz CT molecular complexity index is 411. The van der Waals surface area contributed by atoms with Crippen molar-refractivity contribution in [1.29, 1.82) is 0 Å². The number of carbonyl (C=O) groups excluding carboxylic acids is 1. The Kier molecular flexibility index (Phi) is 6.45. The molecule has 0 radical (unpaired) electrons. The summed E-state index contributed by atoms with van der Waals surface area (Å²) in [5.74, 6) is -0.688. The average molecular weight is 269 g/mol. The largest absolute Gasteiger partial charge is 0.466 e. The number of rotatable bonds is 7. The van der Waals surface area contributed by atoms with Crippen molar-refractivity contribution in [2.24, 2.45) is 0 Å². The van der Waals surface area contributed by atoms with E-state index in [-0.39, 0.29) is 12.2 Å². The summed E-state index contributed by atoms with van der Waals surface area (Å²) in [6.07, 6.45) is -0.806. The zero-order valence-electron chi connectivity index (χ0n) is 11.3. The van der Waals surface area contributed by atoms with E-state index in [0.717, 1.165) is 5.56 Å². The number of ether oxygens (including phenoxy) is 1. The molecule has 0 aliphatic carbocycles. The molecule has 0 aromatic heterocycles. The lowest BCUT2D eigenvalue weighted by Crippen LogP contribution is -2.30. The van der Waals surface area contributed by atoms with E-state index in [1.807, 2.05) is 11.0 Å². The number of esters is 1. The van der Waals surface area contributed by atoms with E-state index in [4.69, 9.17) is 4.74 Å². The number of hydrogen-bond donors (Lipinski definition) is 1. The Labute approximate surface area is 112 Å². The maximum Gasteiger partial charge on any atom is 0.308 e. The summed E-state index contributed by atoms with van der Waals surface area (Å²) in [5.41, 5.74) is 0.825. The van der Waals surface area contributed by atoms with Crippen LogP contribution in [0.4, 0.5) is 4.39 Å². The van der Waals surface area contributed by atoms with Gasteiger partial charge in [0.25, 0.3) is 0 Å². The summed E-state index contributed by atoms with van der Waals surface area (Å²) < 4.78 is 17.8. The second-order valence-corrected chi connectivity index (χ2v) is 4.49. The number of likely N-dealkylation sites (N-methyl/N-ethyl adjacent to an activating group) is 1. The molecule has 19 heavy (non-hydrogen) atoms. The fraction of sp³-hybridized carbons (Fsp3) is 0.500. The van der Waals surface area contributed by atoms with Crippen molar-refractivity contribution in [2.75, 3.05) is 20.2 Å². The molecule has 1 atom stereocenters. The van der Waals surface area contributed by atoms with E-state index in [2.05, 4.69) is 0 Å². The maximum absolute atomic E-state index is 13.0. The van der Waals surface area contributed by atoms with Crippen LogP contribution in [0, 0.1) is 5.82 Å². The average Bonchev–Trinajstić information content (AvgIpc) is 2.28. The Balaban J connectivity index is 2.38. The molecule has 0 fully saturated rings. The van der Waals surface area contributed by atoms with Crippen molar-refractivity contribution in [3.63, 3.8) is 0 Å². The monoisotopic (exact) mass is 269 g/mol. The van der Waals surface area contributed by atoms with Gasteiger partial charge in [-0.05, 0) is 31.7 Å². The number of carbonyl (C=O) groups is 1. The molecule has 5 heteroatoms. The van der Waals surface area contributed by atoms with E-state index in [1.165, 1.54) is 12.1 Å². The Hall–Kier alpha value is -1.46. The molecule has 0 saturated heterocycles. The molecule has 0 heterocycles. The van der Waals surface area contributed by atoms with E-state index in [0.29, 0.717) is 19.7 Å². The molecule has 0 bridgehead atoms. The van der Waals surface area contributed by atoms with E-state index < -0.39 is 12.1 Å². The van der Waals surface area contributed by atoms with Crippen molar-refractivity contribution >= 4 is 5.97 Å². The Morgan fingerprint density at radius 3 is 2.89 bits per heavy atom. The summed E-state index contributed by atoms with van der Waals surface area (Å²) in [7, 11) is 1.80. The fourth-order valence-electron chi connectivity index (χ4n) is 1.85. The molecule has 1 aromatic rings. The third kappa shape index (κ3) is 6.31. The molecule has 0 amide bonds. The Morgan fingerprint density at radius 1 is 1.53 bits per heavy atom. The minimum Gasteiger partial charge on any atom is -0.466 e. The van der Waals surface area contributed by atoms with Gasteiger partial charge in [0, 0.05) is 13.1 Å². The zero-order chi connectivity index (χ0) is 14.3. The summed E-state index contributed by atoms with van der Waals surface area (Å²) >= 11 is 0. The fourth-order valence-corrected chi connectivity index (χ4v) is 1.85. The van der Waals surface area contributed by atoms with Crippen LogP contribution in [0.5, 0.6) is 0 Å². The van der Waals surface area contributed by atoms with Gasteiger partial charge in [-0.25, -0.2) is 4.39 Å². The third-order valence-corrected chi connectivity index (χ3v) is 2.57. The number of nitrogens with zero attached hydrogens (tertiary/aromatic N) is 1. The van der Waals surface area contributed by atoms with Crippen LogP contribution >= 0.6 is 0 Å². The summed E-state index contributed by atoms with van der Waals surface area (Å²) in [4.78, 5) is 13.0. The molecule has 0 spiro atoms. The molecular weight excluding hydrogens is 249 g/mol. The molecular formula is C14H20FNO3. The van der Waals surface area contributed by atoms with Gasteiger partial charge in [0.2, 0.25) is 0 Å². The van der Waals surface area contributed by atoms with Crippen LogP contribution in [-0.2, 0) is 16.1 Å². The van der Waals surface area contributed by atoms with Crippen LogP contribution in [0.15, 0.2) is 24.3 Å². The van der Waals surface area contributed by atoms with Gasteiger partial charge in [-0.15, -0.1) is 0 Å². The first kappa shape index (κ1) is 15.6. The third-order valence-electron chi connectivity index (χ3n) is 2.57. The number of hydrogen-bond acceptors (Lipinski definition) is 4. The van der Waals surface area contributed by atoms with Crippen LogP contribution in [0.25, 0.3) is 0 Å². The van der Waals surface area contributed by atoms with E-state index in [1.54, 1.807) is 20.0 Å². The first-order valence-corrected chi connectivity index (χ1v) is 6.28. The van der Waals surface area contributed by atoms with Crippen LogP contribution in [-0.4, -0.2) is 42.3 Å². The molecule has 0 aliphatic heterocycles. The number of aliphatic hydroxyl groups excluding tert-OH is 1. The van der Waals surface area contributed by atoms with Gasteiger partial charge in [-0.3, -0.25) is 9.69 Å². The lowest BCUT2D eigenvalue weighted by molar-refractivity contribution is -0.145. The van der Waals surface area contributed by atoms with Crippen LogP contribution < -0.4 is 0 Å². The van der Waals surface area contributed by atoms with Crippen molar-refractivity contribution in [3.05, 3.63) is 35.6 Å². The number of halogens is 1. The maximum atomic E-state index is 13.0. The summed E-state index contributed by atoms with van der Waals surface area (Å²) in [6, 6.07) is 6.30. The molecule has 0 aliphatic rings. The van der Waals surface area contributed by atoms with Gasteiger partial charge in [-0.2, -0.15) is 0 Å². The van der Waals surface area contributed by atoms with Gasteiger partial charge in [0.05, 0.1) is 19.1 Å². The second kappa shape index (κ2) is 7.86. The van der Waals surface area contributed by atoms with Crippen molar-refractivity contribution in [2.45, 2.75) is 26.0 Å². The highest BCUT2D eigenvalue weighted by atomic mass is 19.1. The highest BCUT2D eigenvalue weighted by molar-refractivity contribution is 5.69. The zero-order valence-corrected chi connectivity index (χ0v) is 11.3. The van der Waals surface area contributed by atoms with Crippen molar-refractivity contribution < 1.29 is 19.0 Å².